The standard InChI is InChI=1S/C22H20N2O2/c1-24(14-15-7-8-16-5-3-4-6-17(16)11-15)22(25)21-12-18-9-10-19(26-2)13-20(18)23-21/h3-13,23H,14H2,1-2H3. The molecule has 1 aromatic heterocycles. The molecule has 1 N–H and O–H groups in total. The van der Waals surface area contributed by atoms with Crippen molar-refractivity contribution in [2.24, 2.45) is 0 Å². The molecule has 0 atom stereocenters. The van der Waals surface area contributed by atoms with Gasteiger partial charge >= 0.3 is 0 Å². The summed E-state index contributed by atoms with van der Waals surface area (Å²) < 4.78 is 5.24. The van der Waals surface area contributed by atoms with Gasteiger partial charge in [0.1, 0.15) is 11.4 Å². The summed E-state index contributed by atoms with van der Waals surface area (Å²) in [6.07, 6.45) is 0. The quantitative estimate of drug-likeness (QED) is 0.588. The average molecular weight is 344 g/mol. The number of benzene rings is 3. The minimum atomic E-state index is -0.0340. The minimum Gasteiger partial charge on any atom is -0.497 e. The molecule has 0 aliphatic carbocycles. The van der Waals surface area contributed by atoms with Crippen molar-refractivity contribution in [3.63, 3.8) is 0 Å². The summed E-state index contributed by atoms with van der Waals surface area (Å²) in [5.41, 5.74) is 2.58. The lowest BCUT2D eigenvalue weighted by atomic mass is 10.1. The number of fused-ring (bicyclic) bond motifs is 2. The molecule has 0 unspecified atom stereocenters. The highest BCUT2D eigenvalue weighted by atomic mass is 16.5. The molecule has 0 radical (unpaired) electrons. The minimum absolute atomic E-state index is 0.0340. The van der Waals surface area contributed by atoms with Crippen molar-refractivity contribution in [1.29, 1.82) is 0 Å². The number of amides is 1. The Morgan fingerprint density at radius 2 is 1.73 bits per heavy atom. The van der Waals surface area contributed by atoms with Gasteiger partial charge in [0.15, 0.2) is 0 Å². The normalized spacial score (nSPS) is 11.0. The van der Waals surface area contributed by atoms with Gasteiger partial charge in [0.2, 0.25) is 0 Å². The Kier molecular flexibility index (Phi) is 4.09. The second-order valence-electron chi connectivity index (χ2n) is 6.48. The van der Waals surface area contributed by atoms with E-state index in [-0.39, 0.29) is 5.91 Å². The predicted molar refractivity (Wildman–Crippen MR) is 105 cm³/mol. The highest BCUT2D eigenvalue weighted by Gasteiger charge is 2.15. The van der Waals surface area contributed by atoms with Crippen LogP contribution in [-0.2, 0) is 6.54 Å². The number of aromatic amines is 1. The lowest BCUT2D eigenvalue weighted by Gasteiger charge is -2.16. The van der Waals surface area contributed by atoms with Gasteiger partial charge in [-0.25, -0.2) is 0 Å². The molecule has 4 heteroatoms. The Morgan fingerprint density at radius 3 is 2.54 bits per heavy atom. The van der Waals surface area contributed by atoms with Crippen molar-refractivity contribution >= 4 is 27.6 Å². The molecule has 0 aliphatic rings. The van der Waals surface area contributed by atoms with Crippen LogP contribution in [0.25, 0.3) is 21.7 Å². The molecule has 0 saturated heterocycles. The van der Waals surface area contributed by atoms with Crippen molar-refractivity contribution in [1.82, 2.24) is 9.88 Å². The molecule has 0 spiro atoms. The molecule has 4 rings (SSSR count). The maximum Gasteiger partial charge on any atom is 0.270 e. The van der Waals surface area contributed by atoms with Crippen LogP contribution in [-0.4, -0.2) is 29.9 Å². The number of carbonyl (C=O) groups is 1. The van der Waals surface area contributed by atoms with Crippen LogP contribution in [0.15, 0.2) is 66.7 Å². The van der Waals surface area contributed by atoms with Crippen LogP contribution in [0.4, 0.5) is 0 Å². The molecule has 0 aliphatic heterocycles. The summed E-state index contributed by atoms with van der Waals surface area (Å²) in [6.45, 7) is 0.558. The number of nitrogens with zero attached hydrogens (tertiary/aromatic N) is 1. The summed E-state index contributed by atoms with van der Waals surface area (Å²) in [6, 6.07) is 22.2. The Balaban J connectivity index is 1.56. The van der Waals surface area contributed by atoms with E-state index in [4.69, 9.17) is 4.74 Å². The van der Waals surface area contributed by atoms with Gasteiger partial charge in [-0.3, -0.25) is 4.79 Å². The first-order valence-electron chi connectivity index (χ1n) is 8.54. The van der Waals surface area contributed by atoms with Gasteiger partial charge in [-0.2, -0.15) is 0 Å². The Hall–Kier alpha value is -3.27. The van der Waals surface area contributed by atoms with E-state index in [9.17, 15) is 4.79 Å². The molecule has 26 heavy (non-hydrogen) atoms. The Labute approximate surface area is 152 Å². The Bertz CT molecular complexity index is 1100. The van der Waals surface area contributed by atoms with Crippen molar-refractivity contribution in [3.8, 4) is 5.75 Å². The van der Waals surface area contributed by atoms with Crippen molar-refractivity contribution in [2.45, 2.75) is 6.54 Å². The van der Waals surface area contributed by atoms with E-state index in [0.29, 0.717) is 12.2 Å². The number of rotatable bonds is 4. The second kappa shape index (κ2) is 6.56. The van der Waals surface area contributed by atoms with Gasteiger partial charge in [-0.05, 0) is 40.6 Å². The van der Waals surface area contributed by atoms with Crippen LogP contribution in [0.5, 0.6) is 5.75 Å². The largest absolute Gasteiger partial charge is 0.497 e. The summed E-state index contributed by atoms with van der Waals surface area (Å²) >= 11 is 0. The molecule has 0 fully saturated rings. The molecule has 0 saturated carbocycles. The van der Waals surface area contributed by atoms with E-state index in [2.05, 4.69) is 35.3 Å². The van der Waals surface area contributed by atoms with Crippen LogP contribution in [0.3, 0.4) is 0 Å². The zero-order chi connectivity index (χ0) is 18.1. The molecule has 0 bridgehead atoms. The van der Waals surface area contributed by atoms with Gasteiger partial charge in [-0.15, -0.1) is 0 Å². The topological polar surface area (TPSA) is 45.3 Å². The second-order valence-corrected chi connectivity index (χ2v) is 6.48. The monoisotopic (exact) mass is 344 g/mol. The van der Waals surface area contributed by atoms with Gasteiger partial charge in [0, 0.05) is 30.6 Å². The summed E-state index contributed by atoms with van der Waals surface area (Å²) in [5, 5.41) is 3.38. The molecule has 3 aromatic carbocycles. The van der Waals surface area contributed by atoms with Crippen LogP contribution in [0.2, 0.25) is 0 Å². The molecule has 1 heterocycles. The average Bonchev–Trinajstić information content (AvgIpc) is 3.10. The molecule has 1 amide bonds. The van der Waals surface area contributed by atoms with E-state index in [1.807, 2.05) is 43.4 Å². The van der Waals surface area contributed by atoms with Crippen molar-refractivity contribution in [3.05, 3.63) is 78.0 Å². The van der Waals surface area contributed by atoms with E-state index < -0.39 is 0 Å². The van der Waals surface area contributed by atoms with E-state index in [1.54, 1.807) is 12.0 Å². The zero-order valence-corrected chi connectivity index (χ0v) is 14.8. The van der Waals surface area contributed by atoms with E-state index in [1.165, 1.54) is 10.8 Å². The van der Waals surface area contributed by atoms with Crippen molar-refractivity contribution in [2.75, 3.05) is 14.2 Å². The van der Waals surface area contributed by atoms with Crippen molar-refractivity contribution < 1.29 is 9.53 Å². The number of aromatic nitrogens is 1. The molecule has 4 nitrogen and oxygen atoms in total. The maximum absolute atomic E-state index is 12.8. The molecular weight excluding hydrogens is 324 g/mol. The number of H-pyrrole nitrogens is 1. The first-order valence-corrected chi connectivity index (χ1v) is 8.54. The fourth-order valence-corrected chi connectivity index (χ4v) is 3.24. The van der Waals surface area contributed by atoms with E-state index in [0.717, 1.165) is 22.2 Å². The first-order chi connectivity index (χ1) is 12.6. The lowest BCUT2D eigenvalue weighted by molar-refractivity contribution is 0.0780. The predicted octanol–water partition coefficient (Wildman–Crippen LogP) is 4.60. The SMILES string of the molecule is COc1ccc2cc(C(=O)N(C)Cc3ccc4ccccc4c3)[nH]c2c1. The van der Waals surface area contributed by atoms with Gasteiger partial charge < -0.3 is 14.6 Å². The van der Waals surface area contributed by atoms with Crippen LogP contribution in [0, 0.1) is 0 Å². The first kappa shape index (κ1) is 16.2. The summed E-state index contributed by atoms with van der Waals surface area (Å²) in [5.74, 6) is 0.733. The van der Waals surface area contributed by atoms with Crippen LogP contribution in [0.1, 0.15) is 16.1 Å². The fraction of sp³-hybridized carbons (Fsp3) is 0.136. The van der Waals surface area contributed by atoms with Crippen LogP contribution < -0.4 is 4.74 Å². The summed E-state index contributed by atoms with van der Waals surface area (Å²) in [7, 11) is 3.46. The molecular formula is C22H20N2O2. The number of carbonyl (C=O) groups excluding carboxylic acids is 1. The zero-order valence-electron chi connectivity index (χ0n) is 14.8. The summed E-state index contributed by atoms with van der Waals surface area (Å²) in [4.78, 5) is 17.7. The van der Waals surface area contributed by atoms with Crippen LogP contribution >= 0.6 is 0 Å². The lowest BCUT2D eigenvalue weighted by Crippen LogP contribution is -2.26. The number of methoxy groups -OCH3 is 1. The Morgan fingerprint density at radius 1 is 0.962 bits per heavy atom. The van der Waals surface area contributed by atoms with E-state index >= 15 is 0 Å². The van der Waals surface area contributed by atoms with Gasteiger partial charge in [-0.1, -0.05) is 36.4 Å². The third-order valence-electron chi connectivity index (χ3n) is 4.64. The number of nitrogens with one attached hydrogen (secondary N) is 1. The maximum atomic E-state index is 12.8. The number of ether oxygens (including phenoxy) is 1. The number of hydrogen-bond donors (Lipinski definition) is 1. The third-order valence-corrected chi connectivity index (χ3v) is 4.64. The number of hydrogen-bond acceptors (Lipinski definition) is 2. The third kappa shape index (κ3) is 3.02. The van der Waals surface area contributed by atoms with Gasteiger partial charge in [0.05, 0.1) is 7.11 Å². The molecule has 130 valence electrons. The smallest absolute Gasteiger partial charge is 0.270 e. The van der Waals surface area contributed by atoms with Gasteiger partial charge in [0.25, 0.3) is 5.91 Å². The highest BCUT2D eigenvalue weighted by Crippen LogP contribution is 2.22. The highest BCUT2D eigenvalue weighted by molar-refractivity contribution is 5.98. The fourth-order valence-electron chi connectivity index (χ4n) is 3.24. The molecule has 4 aromatic rings.